The second-order valence-electron chi connectivity index (χ2n) is 9.74. The van der Waals surface area contributed by atoms with Crippen molar-refractivity contribution < 1.29 is 4.79 Å². The number of amides is 1. The zero-order valence-corrected chi connectivity index (χ0v) is 19.9. The molecule has 1 aliphatic heterocycles. The summed E-state index contributed by atoms with van der Waals surface area (Å²) < 4.78 is 0. The molecule has 1 saturated heterocycles. The van der Waals surface area contributed by atoms with Gasteiger partial charge in [0.05, 0.1) is 5.52 Å². The Morgan fingerprint density at radius 3 is 2.26 bits per heavy atom. The van der Waals surface area contributed by atoms with Gasteiger partial charge in [-0.15, -0.1) is 0 Å². The molecule has 2 aromatic heterocycles. The molecule has 0 N–H and O–H groups in total. The van der Waals surface area contributed by atoms with E-state index in [0.717, 1.165) is 40.9 Å². The largest absolute Gasteiger partial charge is 0.352 e. The molecule has 0 atom stereocenters. The fourth-order valence-corrected chi connectivity index (χ4v) is 4.34. The molecule has 0 spiro atoms. The second-order valence-corrected chi connectivity index (χ2v) is 9.74. The molecule has 0 radical (unpaired) electrons. The van der Waals surface area contributed by atoms with Crippen LogP contribution in [0, 0.1) is 0 Å². The predicted octanol–water partition coefficient (Wildman–Crippen LogP) is 4.95. The molecule has 1 aliphatic rings. The van der Waals surface area contributed by atoms with Gasteiger partial charge >= 0.3 is 0 Å². The van der Waals surface area contributed by atoms with Crippen LogP contribution in [0.1, 0.15) is 36.7 Å². The number of para-hydroxylation sites is 1. The number of aromatic nitrogens is 3. The summed E-state index contributed by atoms with van der Waals surface area (Å²) in [6.45, 7) is 9.29. The standard InChI is InChI=1S/C28H29N5O/c1-28(2,3)22-12-10-20(11-13-22)27(34)33-17-15-32(16-18-33)26-23-8-4-5-9-24(23)30-25(31-26)21-7-6-14-29-19-21/h4-14,19H,15-18H2,1-3H3. The molecule has 1 fully saturated rings. The highest BCUT2D eigenvalue weighted by Gasteiger charge is 2.25. The number of anilines is 1. The van der Waals surface area contributed by atoms with Crippen LogP contribution in [0.2, 0.25) is 0 Å². The maximum Gasteiger partial charge on any atom is 0.253 e. The highest BCUT2D eigenvalue weighted by Crippen LogP contribution is 2.28. The summed E-state index contributed by atoms with van der Waals surface area (Å²) in [5.74, 6) is 1.66. The van der Waals surface area contributed by atoms with Crippen LogP contribution >= 0.6 is 0 Å². The topological polar surface area (TPSA) is 62.2 Å². The van der Waals surface area contributed by atoms with Gasteiger partial charge in [-0.1, -0.05) is 45.0 Å². The minimum atomic E-state index is 0.0716. The van der Waals surface area contributed by atoms with Gasteiger partial charge in [0.1, 0.15) is 5.82 Å². The van der Waals surface area contributed by atoms with Gasteiger partial charge in [-0.05, 0) is 47.4 Å². The number of benzene rings is 2. The van der Waals surface area contributed by atoms with Crippen LogP contribution < -0.4 is 4.90 Å². The maximum absolute atomic E-state index is 13.1. The van der Waals surface area contributed by atoms with Crippen molar-refractivity contribution in [2.24, 2.45) is 0 Å². The average molecular weight is 452 g/mol. The summed E-state index contributed by atoms with van der Waals surface area (Å²) in [6.07, 6.45) is 3.54. The summed E-state index contributed by atoms with van der Waals surface area (Å²) in [6, 6.07) is 20.0. The van der Waals surface area contributed by atoms with Gasteiger partial charge in [0.15, 0.2) is 5.82 Å². The van der Waals surface area contributed by atoms with E-state index in [-0.39, 0.29) is 11.3 Å². The number of carbonyl (C=O) groups is 1. The number of hydrogen-bond donors (Lipinski definition) is 0. The van der Waals surface area contributed by atoms with Crippen LogP contribution in [0.4, 0.5) is 5.82 Å². The van der Waals surface area contributed by atoms with Gasteiger partial charge in [0.25, 0.3) is 5.91 Å². The summed E-state index contributed by atoms with van der Waals surface area (Å²) >= 11 is 0. The van der Waals surface area contributed by atoms with E-state index in [2.05, 4.69) is 48.9 Å². The van der Waals surface area contributed by atoms with Gasteiger partial charge in [-0.3, -0.25) is 9.78 Å². The quantitative estimate of drug-likeness (QED) is 0.441. The lowest BCUT2D eigenvalue weighted by Crippen LogP contribution is -2.49. The molecule has 1 amide bonds. The van der Waals surface area contributed by atoms with Crippen molar-refractivity contribution in [1.82, 2.24) is 19.9 Å². The second kappa shape index (κ2) is 8.86. The summed E-state index contributed by atoms with van der Waals surface area (Å²) in [4.78, 5) is 31.2. The fourth-order valence-electron chi connectivity index (χ4n) is 4.34. The first-order valence-electron chi connectivity index (χ1n) is 11.7. The monoisotopic (exact) mass is 451 g/mol. The lowest BCUT2D eigenvalue weighted by molar-refractivity contribution is 0.0746. The number of fused-ring (bicyclic) bond motifs is 1. The van der Waals surface area contributed by atoms with Gasteiger partial charge < -0.3 is 9.80 Å². The summed E-state index contributed by atoms with van der Waals surface area (Å²) in [7, 11) is 0. The molecule has 2 aromatic carbocycles. The molecule has 0 aliphatic carbocycles. The van der Waals surface area contributed by atoms with Gasteiger partial charge in [-0.25, -0.2) is 9.97 Å². The van der Waals surface area contributed by atoms with Gasteiger partial charge in [0.2, 0.25) is 0 Å². The number of nitrogens with zero attached hydrogens (tertiary/aromatic N) is 5. The zero-order chi connectivity index (χ0) is 23.7. The number of rotatable bonds is 3. The zero-order valence-electron chi connectivity index (χ0n) is 19.9. The lowest BCUT2D eigenvalue weighted by atomic mass is 9.86. The molecule has 172 valence electrons. The van der Waals surface area contributed by atoms with E-state index >= 15 is 0 Å². The molecule has 5 rings (SSSR count). The van der Waals surface area contributed by atoms with Crippen LogP contribution in [0.5, 0.6) is 0 Å². The maximum atomic E-state index is 13.1. The van der Waals surface area contributed by atoms with Crippen molar-refractivity contribution in [3.63, 3.8) is 0 Å². The van der Waals surface area contributed by atoms with E-state index in [1.54, 1.807) is 12.4 Å². The highest BCUT2D eigenvalue weighted by atomic mass is 16.2. The third kappa shape index (κ3) is 4.36. The fraction of sp³-hybridized carbons (Fsp3) is 0.286. The SMILES string of the molecule is CC(C)(C)c1ccc(C(=O)N2CCN(c3nc(-c4cccnc4)nc4ccccc34)CC2)cc1. The Morgan fingerprint density at radius 1 is 0.853 bits per heavy atom. The van der Waals surface area contributed by atoms with Crippen LogP contribution in [-0.2, 0) is 5.41 Å². The van der Waals surface area contributed by atoms with Crippen LogP contribution in [0.25, 0.3) is 22.3 Å². The Morgan fingerprint density at radius 2 is 1.59 bits per heavy atom. The predicted molar refractivity (Wildman–Crippen MR) is 136 cm³/mol. The van der Waals surface area contributed by atoms with E-state index in [9.17, 15) is 4.79 Å². The normalized spacial score (nSPS) is 14.4. The lowest BCUT2D eigenvalue weighted by Gasteiger charge is -2.36. The Hall–Kier alpha value is -3.80. The first-order valence-corrected chi connectivity index (χ1v) is 11.7. The number of hydrogen-bond acceptors (Lipinski definition) is 5. The van der Waals surface area contributed by atoms with Crippen molar-refractivity contribution in [3.05, 3.63) is 84.2 Å². The van der Waals surface area contributed by atoms with Crippen LogP contribution in [0.3, 0.4) is 0 Å². The minimum Gasteiger partial charge on any atom is -0.352 e. The van der Waals surface area contributed by atoms with E-state index in [1.807, 2.05) is 47.4 Å². The van der Waals surface area contributed by atoms with Crippen molar-refractivity contribution in [2.45, 2.75) is 26.2 Å². The van der Waals surface area contributed by atoms with Crippen molar-refractivity contribution in [3.8, 4) is 11.4 Å². The molecule has 6 heteroatoms. The smallest absolute Gasteiger partial charge is 0.253 e. The third-order valence-electron chi connectivity index (χ3n) is 6.37. The van der Waals surface area contributed by atoms with Gasteiger partial charge in [0, 0.05) is 55.1 Å². The average Bonchev–Trinajstić information content (AvgIpc) is 2.88. The minimum absolute atomic E-state index is 0.0716. The Balaban J connectivity index is 1.36. The van der Waals surface area contributed by atoms with E-state index in [1.165, 1.54) is 5.56 Å². The number of pyridine rings is 1. The summed E-state index contributed by atoms with van der Waals surface area (Å²) in [5, 5.41) is 1.02. The van der Waals surface area contributed by atoms with Crippen molar-refractivity contribution >= 4 is 22.6 Å². The van der Waals surface area contributed by atoms with Crippen molar-refractivity contribution in [1.29, 1.82) is 0 Å². The Labute approximate surface area is 200 Å². The molecule has 0 saturated carbocycles. The Kier molecular flexibility index (Phi) is 5.74. The summed E-state index contributed by atoms with van der Waals surface area (Å²) in [5.41, 5.74) is 3.84. The molecular weight excluding hydrogens is 422 g/mol. The first-order chi connectivity index (χ1) is 16.4. The first kappa shape index (κ1) is 22.0. The third-order valence-corrected chi connectivity index (χ3v) is 6.37. The van der Waals surface area contributed by atoms with Crippen LogP contribution in [0.15, 0.2) is 73.1 Å². The van der Waals surface area contributed by atoms with E-state index in [0.29, 0.717) is 18.9 Å². The van der Waals surface area contributed by atoms with Crippen LogP contribution in [-0.4, -0.2) is 51.9 Å². The Bertz CT molecular complexity index is 1300. The van der Waals surface area contributed by atoms with E-state index < -0.39 is 0 Å². The van der Waals surface area contributed by atoms with E-state index in [4.69, 9.17) is 9.97 Å². The molecule has 0 bridgehead atoms. The molecule has 0 unspecified atom stereocenters. The molecule has 34 heavy (non-hydrogen) atoms. The molecule has 6 nitrogen and oxygen atoms in total. The van der Waals surface area contributed by atoms with Crippen molar-refractivity contribution in [2.75, 3.05) is 31.1 Å². The molecular formula is C28H29N5O. The number of piperazine rings is 1. The van der Waals surface area contributed by atoms with Gasteiger partial charge in [-0.2, -0.15) is 0 Å². The molecule has 4 aromatic rings. The molecule has 3 heterocycles. The number of carbonyl (C=O) groups excluding carboxylic acids is 1. The highest BCUT2D eigenvalue weighted by molar-refractivity contribution is 5.95.